The van der Waals surface area contributed by atoms with E-state index < -0.39 is 0 Å². The van der Waals surface area contributed by atoms with Crippen LogP contribution in [0.3, 0.4) is 0 Å². The van der Waals surface area contributed by atoms with Gasteiger partial charge in [0.05, 0.1) is 0 Å². The zero-order chi connectivity index (χ0) is 12.2. The maximum absolute atomic E-state index is 10.4. The molecule has 4 nitrogen and oxygen atoms in total. The van der Waals surface area contributed by atoms with Crippen LogP contribution in [0.25, 0.3) is 0 Å². The summed E-state index contributed by atoms with van der Waals surface area (Å²) in [6, 6.07) is 0. The lowest BCUT2D eigenvalue weighted by Gasteiger charge is -2.39. The second-order valence-corrected chi connectivity index (χ2v) is 5.59. The van der Waals surface area contributed by atoms with Crippen molar-refractivity contribution in [3.8, 4) is 0 Å². The molecule has 1 saturated heterocycles. The molecule has 16 heavy (non-hydrogen) atoms. The molecule has 0 aromatic rings. The number of nitrogens with two attached hydrogens (primary N) is 2. The van der Waals surface area contributed by atoms with Crippen molar-refractivity contribution in [2.24, 2.45) is 11.5 Å². The van der Waals surface area contributed by atoms with Crippen LogP contribution in [-0.4, -0.2) is 34.4 Å². The summed E-state index contributed by atoms with van der Waals surface area (Å²) in [4.78, 5) is 0. The van der Waals surface area contributed by atoms with Gasteiger partial charge in [0.15, 0.2) is 0 Å². The molecule has 5 N–H and O–H groups in total. The summed E-state index contributed by atoms with van der Waals surface area (Å²) in [7, 11) is 0. The third-order valence-corrected chi connectivity index (χ3v) is 4.06. The van der Waals surface area contributed by atoms with E-state index in [1.54, 1.807) is 5.06 Å². The first kappa shape index (κ1) is 13.9. The molecular formula is C12H27N3O. The lowest BCUT2D eigenvalue weighted by atomic mass is 9.92. The average Bonchev–Trinajstić information content (AvgIpc) is 2.51. The Morgan fingerprint density at radius 1 is 1.00 bits per heavy atom. The van der Waals surface area contributed by atoms with Gasteiger partial charge in [-0.1, -0.05) is 0 Å². The van der Waals surface area contributed by atoms with Gasteiger partial charge in [-0.3, -0.25) is 0 Å². The summed E-state index contributed by atoms with van der Waals surface area (Å²) in [5.41, 5.74) is 10.9. The van der Waals surface area contributed by atoms with Crippen molar-refractivity contribution in [2.45, 2.75) is 63.5 Å². The Kier molecular flexibility index (Phi) is 4.73. The molecule has 1 heterocycles. The molecule has 1 aliphatic heterocycles. The fourth-order valence-corrected chi connectivity index (χ4v) is 2.83. The number of hydrogen-bond acceptors (Lipinski definition) is 4. The number of hydrogen-bond donors (Lipinski definition) is 3. The predicted octanol–water partition coefficient (Wildman–Crippen LogP) is 1.47. The second kappa shape index (κ2) is 5.45. The third kappa shape index (κ3) is 2.74. The van der Waals surface area contributed by atoms with Crippen molar-refractivity contribution in [3.63, 3.8) is 0 Å². The molecule has 0 saturated carbocycles. The normalized spacial score (nSPS) is 35.8. The highest BCUT2D eigenvalue weighted by molar-refractivity contribution is 5.00. The van der Waals surface area contributed by atoms with E-state index in [0.29, 0.717) is 13.1 Å². The molecule has 0 radical (unpaired) electrons. The first-order chi connectivity index (χ1) is 7.48. The summed E-state index contributed by atoms with van der Waals surface area (Å²) in [6.45, 7) is 5.67. The Balaban J connectivity index is 2.60. The quantitative estimate of drug-likeness (QED) is 0.644. The Morgan fingerprint density at radius 2 is 1.38 bits per heavy atom. The van der Waals surface area contributed by atoms with Crippen molar-refractivity contribution in [2.75, 3.05) is 13.1 Å². The molecule has 1 rings (SSSR count). The first-order valence-electron chi connectivity index (χ1n) is 6.38. The standard InChI is InChI=1S/C12H27N3O/c1-11(5-3-9-13)7-8-12(2,15(11)16)6-4-10-14/h16H,3-10,13-14H2,1-2H3. The zero-order valence-electron chi connectivity index (χ0n) is 10.7. The van der Waals surface area contributed by atoms with Gasteiger partial charge >= 0.3 is 0 Å². The molecule has 2 atom stereocenters. The summed E-state index contributed by atoms with van der Waals surface area (Å²) in [5, 5.41) is 12.0. The minimum atomic E-state index is -0.0945. The Bertz CT molecular complexity index is 202. The van der Waals surface area contributed by atoms with Crippen LogP contribution in [-0.2, 0) is 0 Å². The Morgan fingerprint density at radius 3 is 1.69 bits per heavy atom. The van der Waals surface area contributed by atoms with Crippen molar-refractivity contribution >= 4 is 0 Å². The molecule has 1 aliphatic rings. The molecule has 0 amide bonds. The van der Waals surface area contributed by atoms with Gasteiger partial charge in [-0.05, 0) is 65.5 Å². The minimum Gasteiger partial charge on any atom is -0.330 e. The summed E-state index contributed by atoms with van der Waals surface area (Å²) >= 11 is 0. The van der Waals surface area contributed by atoms with Gasteiger partial charge in [-0.25, -0.2) is 0 Å². The smallest absolute Gasteiger partial charge is 0.0439 e. The lowest BCUT2D eigenvalue weighted by molar-refractivity contribution is -0.206. The molecule has 0 bridgehead atoms. The van der Waals surface area contributed by atoms with Gasteiger partial charge in [0, 0.05) is 11.1 Å². The van der Waals surface area contributed by atoms with Crippen LogP contribution in [0, 0.1) is 0 Å². The number of nitrogens with zero attached hydrogens (tertiary/aromatic N) is 1. The van der Waals surface area contributed by atoms with Gasteiger partial charge in [0.2, 0.25) is 0 Å². The van der Waals surface area contributed by atoms with Gasteiger partial charge < -0.3 is 16.7 Å². The molecule has 0 aromatic heterocycles. The van der Waals surface area contributed by atoms with E-state index in [1.807, 2.05) is 0 Å². The van der Waals surface area contributed by atoms with Crippen molar-refractivity contribution in [1.82, 2.24) is 5.06 Å². The van der Waals surface area contributed by atoms with Crippen molar-refractivity contribution < 1.29 is 5.21 Å². The van der Waals surface area contributed by atoms with E-state index in [0.717, 1.165) is 38.5 Å². The minimum absolute atomic E-state index is 0.0945. The van der Waals surface area contributed by atoms with Crippen LogP contribution in [0.2, 0.25) is 0 Å². The fraction of sp³-hybridized carbons (Fsp3) is 1.00. The predicted molar refractivity (Wildman–Crippen MR) is 66.2 cm³/mol. The number of rotatable bonds is 6. The van der Waals surface area contributed by atoms with Gasteiger partial charge in [-0.2, -0.15) is 5.06 Å². The third-order valence-electron chi connectivity index (χ3n) is 4.06. The number of hydroxylamine groups is 2. The van der Waals surface area contributed by atoms with Crippen LogP contribution in [0.1, 0.15) is 52.4 Å². The Hall–Kier alpha value is -0.160. The van der Waals surface area contributed by atoms with Crippen LogP contribution in [0.5, 0.6) is 0 Å². The highest BCUT2D eigenvalue weighted by atomic mass is 16.5. The van der Waals surface area contributed by atoms with E-state index in [2.05, 4.69) is 13.8 Å². The molecule has 2 unspecified atom stereocenters. The maximum atomic E-state index is 10.4. The monoisotopic (exact) mass is 229 g/mol. The van der Waals surface area contributed by atoms with E-state index in [1.165, 1.54) is 0 Å². The van der Waals surface area contributed by atoms with Crippen LogP contribution < -0.4 is 11.5 Å². The van der Waals surface area contributed by atoms with E-state index in [9.17, 15) is 5.21 Å². The van der Waals surface area contributed by atoms with E-state index in [-0.39, 0.29) is 11.1 Å². The fourth-order valence-electron chi connectivity index (χ4n) is 2.83. The second-order valence-electron chi connectivity index (χ2n) is 5.59. The highest BCUT2D eigenvalue weighted by Gasteiger charge is 2.48. The molecule has 0 spiro atoms. The average molecular weight is 229 g/mol. The molecular weight excluding hydrogens is 202 g/mol. The van der Waals surface area contributed by atoms with Gasteiger partial charge in [0.1, 0.15) is 0 Å². The summed E-state index contributed by atoms with van der Waals surface area (Å²) in [6.07, 6.45) is 5.98. The zero-order valence-corrected chi connectivity index (χ0v) is 10.7. The summed E-state index contributed by atoms with van der Waals surface area (Å²) < 4.78 is 0. The van der Waals surface area contributed by atoms with Gasteiger partial charge in [0.25, 0.3) is 0 Å². The molecule has 96 valence electrons. The van der Waals surface area contributed by atoms with Crippen LogP contribution >= 0.6 is 0 Å². The lowest BCUT2D eigenvalue weighted by Crippen LogP contribution is -2.49. The van der Waals surface area contributed by atoms with Crippen LogP contribution in [0.15, 0.2) is 0 Å². The van der Waals surface area contributed by atoms with E-state index >= 15 is 0 Å². The molecule has 0 aliphatic carbocycles. The largest absolute Gasteiger partial charge is 0.330 e. The maximum Gasteiger partial charge on any atom is 0.0439 e. The first-order valence-corrected chi connectivity index (χ1v) is 6.38. The Labute approximate surface area is 98.9 Å². The van der Waals surface area contributed by atoms with E-state index in [4.69, 9.17) is 11.5 Å². The SMILES string of the molecule is CC1(CCCN)CCC(C)(CCCN)N1O. The summed E-state index contributed by atoms with van der Waals surface area (Å²) in [5.74, 6) is 0. The molecule has 0 aromatic carbocycles. The van der Waals surface area contributed by atoms with Crippen molar-refractivity contribution in [1.29, 1.82) is 0 Å². The molecule has 4 heteroatoms. The molecule has 1 fully saturated rings. The van der Waals surface area contributed by atoms with Gasteiger partial charge in [-0.15, -0.1) is 0 Å². The van der Waals surface area contributed by atoms with Crippen LogP contribution in [0.4, 0.5) is 0 Å². The topological polar surface area (TPSA) is 75.5 Å². The van der Waals surface area contributed by atoms with Crippen molar-refractivity contribution in [3.05, 3.63) is 0 Å². The highest BCUT2D eigenvalue weighted by Crippen LogP contribution is 2.43.